The molecule has 0 bridgehead atoms. The minimum atomic E-state index is -4.52. The van der Waals surface area contributed by atoms with E-state index in [0.29, 0.717) is 10.6 Å². The van der Waals surface area contributed by atoms with Gasteiger partial charge in [0.1, 0.15) is 11.6 Å². The van der Waals surface area contributed by atoms with Crippen LogP contribution in [0.3, 0.4) is 0 Å². The van der Waals surface area contributed by atoms with Gasteiger partial charge in [0.15, 0.2) is 0 Å². The number of alkyl carbamates (subject to hydrolysis) is 1. The number of halogens is 4. The molecule has 34 heavy (non-hydrogen) atoms. The minimum Gasteiger partial charge on any atom is -0.444 e. The third-order valence-corrected chi connectivity index (χ3v) is 5.52. The van der Waals surface area contributed by atoms with E-state index in [0.717, 1.165) is 12.1 Å². The van der Waals surface area contributed by atoms with Crippen molar-refractivity contribution < 1.29 is 27.5 Å². The Kier molecular flexibility index (Phi) is 6.67. The lowest BCUT2D eigenvalue weighted by atomic mass is 9.88. The van der Waals surface area contributed by atoms with Crippen molar-refractivity contribution in [3.05, 3.63) is 64.7 Å². The van der Waals surface area contributed by atoms with Crippen LogP contribution >= 0.6 is 11.6 Å². The summed E-state index contributed by atoms with van der Waals surface area (Å²) in [4.78, 5) is 25.1. The van der Waals surface area contributed by atoms with Crippen LogP contribution in [0.15, 0.2) is 48.5 Å². The zero-order chi connectivity index (χ0) is 25.5. The summed E-state index contributed by atoms with van der Waals surface area (Å²) in [6.07, 6.45) is -5.23. The van der Waals surface area contributed by atoms with E-state index in [1.54, 1.807) is 52.0 Å². The van der Waals surface area contributed by atoms with Crippen LogP contribution in [-0.4, -0.2) is 34.8 Å². The molecule has 1 aliphatic rings. The fourth-order valence-corrected chi connectivity index (χ4v) is 4.08. The fourth-order valence-electron chi connectivity index (χ4n) is 3.96. The van der Waals surface area contributed by atoms with E-state index in [1.165, 1.54) is 22.2 Å². The summed E-state index contributed by atoms with van der Waals surface area (Å²) in [5, 5.41) is 5.95. The molecule has 2 atom stereocenters. The average Bonchev–Trinajstić information content (AvgIpc) is 2.99. The van der Waals surface area contributed by atoms with Gasteiger partial charge in [0.2, 0.25) is 0 Å². The number of carbonyl (C=O) groups excluding carboxylic acids is 2. The van der Waals surface area contributed by atoms with Crippen molar-refractivity contribution in [3.8, 4) is 0 Å². The number of hydrogen-bond donors (Lipinski definition) is 2. The number of hydrazine groups is 1. The van der Waals surface area contributed by atoms with Crippen molar-refractivity contribution in [2.75, 3.05) is 11.6 Å². The molecule has 0 aromatic heterocycles. The van der Waals surface area contributed by atoms with Crippen LogP contribution in [0.2, 0.25) is 5.02 Å². The van der Waals surface area contributed by atoms with E-state index >= 15 is 0 Å². The lowest BCUT2D eigenvalue weighted by Gasteiger charge is -2.37. The van der Waals surface area contributed by atoms with Gasteiger partial charge in [0.25, 0.3) is 0 Å². The molecule has 1 aliphatic heterocycles. The van der Waals surface area contributed by atoms with Crippen molar-refractivity contribution in [2.24, 2.45) is 5.73 Å². The lowest BCUT2D eigenvalue weighted by molar-refractivity contribution is -0.137. The van der Waals surface area contributed by atoms with E-state index in [4.69, 9.17) is 22.1 Å². The maximum atomic E-state index is 13.1. The molecule has 3 N–H and O–H groups in total. The average molecular weight is 499 g/mol. The van der Waals surface area contributed by atoms with E-state index in [-0.39, 0.29) is 12.2 Å². The van der Waals surface area contributed by atoms with Crippen LogP contribution in [-0.2, 0) is 10.9 Å². The first-order valence-electron chi connectivity index (χ1n) is 10.4. The summed E-state index contributed by atoms with van der Waals surface area (Å²) < 4.78 is 44.7. The van der Waals surface area contributed by atoms with Crippen LogP contribution in [0, 0.1) is 0 Å². The summed E-state index contributed by atoms with van der Waals surface area (Å²) in [5.74, 6) is 0. The number of nitrogens with zero attached hydrogens (tertiary/aromatic N) is 2. The number of urea groups is 1. The Morgan fingerprint density at radius 3 is 2.12 bits per heavy atom. The molecule has 0 spiro atoms. The van der Waals surface area contributed by atoms with Gasteiger partial charge in [-0.3, -0.25) is 5.01 Å². The largest absolute Gasteiger partial charge is 0.444 e. The predicted octanol–water partition coefficient (Wildman–Crippen LogP) is 5.50. The molecule has 2 unspecified atom stereocenters. The van der Waals surface area contributed by atoms with Gasteiger partial charge in [-0.05, 0) is 69.7 Å². The number of nitrogens with two attached hydrogens (primary N) is 1. The minimum absolute atomic E-state index is 0.0596. The first kappa shape index (κ1) is 25.5. The van der Waals surface area contributed by atoms with Gasteiger partial charge >= 0.3 is 18.3 Å². The molecule has 2 aromatic rings. The normalized spacial score (nSPS) is 20.9. The summed E-state index contributed by atoms with van der Waals surface area (Å²) in [5.41, 5.74) is 3.83. The Morgan fingerprint density at radius 2 is 1.65 bits per heavy atom. The van der Waals surface area contributed by atoms with E-state index in [1.807, 2.05) is 0 Å². The Bertz CT molecular complexity index is 1060. The van der Waals surface area contributed by atoms with Crippen LogP contribution in [0.1, 0.15) is 44.9 Å². The number of amides is 3. The number of rotatable bonds is 3. The van der Waals surface area contributed by atoms with E-state index < -0.39 is 41.0 Å². The highest BCUT2D eigenvalue weighted by atomic mass is 35.5. The molecule has 2 aromatic carbocycles. The molecule has 1 fully saturated rings. The van der Waals surface area contributed by atoms with Crippen molar-refractivity contribution in [3.63, 3.8) is 0 Å². The first-order valence-corrected chi connectivity index (χ1v) is 10.8. The zero-order valence-electron chi connectivity index (χ0n) is 19.1. The van der Waals surface area contributed by atoms with E-state index in [2.05, 4.69) is 5.32 Å². The standard InChI is InChI=1S/C23H26ClF3N4O3/c1-21(2,3)34-20(33)29-22(4)13-30(19(28)32)31(18(22)14-5-9-16(24)10-6-14)17-11-7-15(8-12-17)23(25,26)27/h5-12,18H,13H2,1-4H3,(H2,28,32)(H,29,33). The Hall–Kier alpha value is -3.14. The summed E-state index contributed by atoms with van der Waals surface area (Å²) in [6.45, 7) is 6.78. The van der Waals surface area contributed by atoms with Crippen molar-refractivity contribution in [2.45, 2.75) is 51.1 Å². The van der Waals surface area contributed by atoms with Crippen LogP contribution in [0.25, 0.3) is 0 Å². The lowest BCUT2D eigenvalue weighted by Crippen LogP contribution is -2.53. The topological polar surface area (TPSA) is 87.9 Å². The summed E-state index contributed by atoms with van der Waals surface area (Å²) >= 11 is 6.04. The molecule has 0 saturated carbocycles. The molecule has 3 rings (SSSR count). The monoisotopic (exact) mass is 498 g/mol. The molecule has 7 nitrogen and oxygen atoms in total. The number of alkyl halides is 3. The maximum absolute atomic E-state index is 13.1. The van der Waals surface area contributed by atoms with Gasteiger partial charge in [-0.15, -0.1) is 0 Å². The third kappa shape index (κ3) is 5.49. The van der Waals surface area contributed by atoms with Crippen molar-refractivity contribution in [1.29, 1.82) is 0 Å². The van der Waals surface area contributed by atoms with Crippen LogP contribution in [0.5, 0.6) is 0 Å². The first-order chi connectivity index (χ1) is 15.6. The SMILES string of the molecule is CC(C)(C)OC(=O)NC1(C)CN(C(N)=O)N(c2ccc(C(F)(F)F)cc2)C1c1ccc(Cl)cc1. The van der Waals surface area contributed by atoms with Crippen molar-refractivity contribution >= 4 is 29.4 Å². The van der Waals surface area contributed by atoms with Gasteiger partial charge in [-0.25, -0.2) is 14.6 Å². The van der Waals surface area contributed by atoms with Crippen LogP contribution < -0.4 is 16.1 Å². The highest BCUT2D eigenvalue weighted by Crippen LogP contribution is 2.44. The maximum Gasteiger partial charge on any atom is 0.416 e. The Labute approximate surface area is 200 Å². The smallest absolute Gasteiger partial charge is 0.416 e. The molecule has 184 valence electrons. The number of anilines is 1. The molecule has 0 aliphatic carbocycles. The number of ether oxygens (including phenoxy) is 1. The van der Waals surface area contributed by atoms with E-state index in [9.17, 15) is 22.8 Å². The highest BCUT2D eigenvalue weighted by molar-refractivity contribution is 6.30. The molecule has 1 saturated heterocycles. The summed E-state index contributed by atoms with van der Waals surface area (Å²) in [6, 6.07) is 9.48. The van der Waals surface area contributed by atoms with Gasteiger partial charge in [-0.2, -0.15) is 13.2 Å². The molecule has 3 amide bonds. The van der Waals surface area contributed by atoms with Gasteiger partial charge < -0.3 is 15.8 Å². The molecule has 0 radical (unpaired) electrons. The second-order valence-electron chi connectivity index (χ2n) is 9.28. The quantitative estimate of drug-likeness (QED) is 0.585. The number of nitrogens with one attached hydrogen (secondary N) is 1. The van der Waals surface area contributed by atoms with Crippen LogP contribution in [0.4, 0.5) is 28.4 Å². The number of carbonyl (C=O) groups is 2. The number of benzene rings is 2. The highest BCUT2D eigenvalue weighted by Gasteiger charge is 2.52. The Balaban J connectivity index is 2.11. The number of hydrogen-bond acceptors (Lipinski definition) is 4. The second-order valence-corrected chi connectivity index (χ2v) is 9.72. The van der Waals surface area contributed by atoms with Gasteiger partial charge in [0, 0.05) is 5.02 Å². The van der Waals surface area contributed by atoms with Crippen molar-refractivity contribution in [1.82, 2.24) is 10.3 Å². The third-order valence-electron chi connectivity index (χ3n) is 5.27. The van der Waals surface area contributed by atoms with Gasteiger partial charge in [-0.1, -0.05) is 23.7 Å². The number of primary amides is 1. The molecule has 11 heteroatoms. The molecule has 1 heterocycles. The fraction of sp³-hybridized carbons (Fsp3) is 0.391. The Morgan fingerprint density at radius 1 is 1.09 bits per heavy atom. The second kappa shape index (κ2) is 8.90. The van der Waals surface area contributed by atoms with Gasteiger partial charge in [0.05, 0.1) is 23.3 Å². The summed E-state index contributed by atoms with van der Waals surface area (Å²) in [7, 11) is 0. The predicted molar refractivity (Wildman–Crippen MR) is 122 cm³/mol. The molecular formula is C23H26ClF3N4O3. The molecular weight excluding hydrogens is 473 g/mol. The zero-order valence-corrected chi connectivity index (χ0v) is 19.9.